The lowest BCUT2D eigenvalue weighted by molar-refractivity contribution is -0.126. The summed E-state index contributed by atoms with van der Waals surface area (Å²) in [6, 6.07) is 4.66. The molecular formula is C19H26Cl2N2O3S. The molecule has 1 aliphatic carbocycles. The molecule has 0 spiro atoms. The van der Waals surface area contributed by atoms with Crippen LogP contribution in [0, 0.1) is 11.8 Å². The van der Waals surface area contributed by atoms with Gasteiger partial charge in [0, 0.05) is 25.6 Å². The summed E-state index contributed by atoms with van der Waals surface area (Å²) in [4.78, 5) is 12.4. The highest BCUT2D eigenvalue weighted by Gasteiger charge is 2.34. The molecule has 0 aromatic heterocycles. The summed E-state index contributed by atoms with van der Waals surface area (Å²) in [5.74, 6) is 0.501. The molecule has 1 N–H and O–H groups in total. The van der Waals surface area contributed by atoms with Crippen LogP contribution in [0.25, 0.3) is 0 Å². The molecule has 0 atom stereocenters. The topological polar surface area (TPSA) is 66.5 Å². The second-order valence-corrected chi connectivity index (χ2v) is 10.2. The molecule has 0 radical (unpaired) electrons. The van der Waals surface area contributed by atoms with E-state index in [0.29, 0.717) is 31.8 Å². The van der Waals surface area contributed by atoms with Crippen LogP contribution in [-0.4, -0.2) is 38.3 Å². The normalized spacial score (nSPS) is 20.5. The molecule has 5 nitrogen and oxygen atoms in total. The van der Waals surface area contributed by atoms with Crippen LogP contribution in [0.1, 0.15) is 44.9 Å². The Hall–Kier alpha value is -0.820. The molecule has 2 aliphatic rings. The van der Waals surface area contributed by atoms with E-state index in [1.54, 1.807) is 6.07 Å². The van der Waals surface area contributed by atoms with Gasteiger partial charge in [-0.3, -0.25) is 4.79 Å². The molecule has 150 valence electrons. The van der Waals surface area contributed by atoms with Gasteiger partial charge in [0.1, 0.15) is 4.90 Å². The Kier molecular flexibility index (Phi) is 7.06. The quantitative estimate of drug-likeness (QED) is 0.761. The van der Waals surface area contributed by atoms with E-state index in [9.17, 15) is 13.2 Å². The van der Waals surface area contributed by atoms with Gasteiger partial charge in [0.05, 0.1) is 10.0 Å². The number of rotatable bonds is 5. The average molecular weight is 433 g/mol. The molecule has 0 unspecified atom stereocenters. The number of piperidine rings is 1. The summed E-state index contributed by atoms with van der Waals surface area (Å²) < 4.78 is 27.2. The lowest BCUT2D eigenvalue weighted by atomic mass is 9.89. The van der Waals surface area contributed by atoms with Crippen molar-refractivity contribution in [1.29, 1.82) is 0 Å². The van der Waals surface area contributed by atoms with Gasteiger partial charge in [-0.2, -0.15) is 4.31 Å². The predicted molar refractivity (Wildman–Crippen MR) is 108 cm³/mol. The molecule has 3 rings (SSSR count). The zero-order valence-corrected chi connectivity index (χ0v) is 17.6. The van der Waals surface area contributed by atoms with Crippen molar-refractivity contribution in [3.8, 4) is 0 Å². The number of carbonyl (C=O) groups excluding carboxylic acids is 1. The molecular weight excluding hydrogens is 407 g/mol. The van der Waals surface area contributed by atoms with Crippen LogP contribution in [-0.2, 0) is 14.8 Å². The number of benzene rings is 1. The van der Waals surface area contributed by atoms with Gasteiger partial charge in [0.15, 0.2) is 0 Å². The Bertz CT molecular complexity index is 751. The van der Waals surface area contributed by atoms with E-state index >= 15 is 0 Å². The van der Waals surface area contributed by atoms with E-state index in [1.165, 1.54) is 48.5 Å². The average Bonchev–Trinajstić information content (AvgIpc) is 2.67. The summed E-state index contributed by atoms with van der Waals surface area (Å²) in [6.07, 6.45) is 7.20. The summed E-state index contributed by atoms with van der Waals surface area (Å²) >= 11 is 12.1. The van der Waals surface area contributed by atoms with Gasteiger partial charge < -0.3 is 5.32 Å². The van der Waals surface area contributed by atoms with Crippen molar-refractivity contribution in [1.82, 2.24) is 9.62 Å². The van der Waals surface area contributed by atoms with Crippen molar-refractivity contribution in [3.63, 3.8) is 0 Å². The highest BCUT2D eigenvalue weighted by molar-refractivity contribution is 7.89. The highest BCUT2D eigenvalue weighted by Crippen LogP contribution is 2.33. The Morgan fingerprint density at radius 3 is 2.22 bits per heavy atom. The molecule has 1 aliphatic heterocycles. The first-order chi connectivity index (χ1) is 12.9. The number of nitrogens with zero attached hydrogens (tertiary/aromatic N) is 1. The fourth-order valence-electron chi connectivity index (χ4n) is 4.00. The Morgan fingerprint density at radius 1 is 1.04 bits per heavy atom. The third-order valence-corrected chi connectivity index (χ3v) is 8.49. The minimum absolute atomic E-state index is 0.0477. The second-order valence-electron chi connectivity index (χ2n) is 7.48. The number of amides is 1. The van der Waals surface area contributed by atoms with Gasteiger partial charge >= 0.3 is 0 Å². The van der Waals surface area contributed by atoms with Crippen LogP contribution >= 0.6 is 23.2 Å². The molecule has 0 bridgehead atoms. The molecule has 1 saturated carbocycles. The molecule has 1 aromatic carbocycles. The van der Waals surface area contributed by atoms with Gasteiger partial charge in [0.2, 0.25) is 15.9 Å². The lowest BCUT2D eigenvalue weighted by Crippen LogP contribution is -2.44. The Labute approximate surface area is 171 Å². The highest BCUT2D eigenvalue weighted by atomic mass is 35.5. The molecule has 1 heterocycles. The molecule has 1 saturated heterocycles. The van der Waals surface area contributed by atoms with E-state index in [2.05, 4.69) is 5.32 Å². The lowest BCUT2D eigenvalue weighted by Gasteiger charge is -2.31. The van der Waals surface area contributed by atoms with Crippen LogP contribution in [0.4, 0.5) is 0 Å². The van der Waals surface area contributed by atoms with Gasteiger partial charge in [-0.1, -0.05) is 48.5 Å². The van der Waals surface area contributed by atoms with Crippen molar-refractivity contribution in [2.24, 2.45) is 11.8 Å². The van der Waals surface area contributed by atoms with Crippen LogP contribution in [0.5, 0.6) is 0 Å². The molecule has 1 aromatic rings. The van der Waals surface area contributed by atoms with Gasteiger partial charge in [0.25, 0.3) is 0 Å². The molecule has 8 heteroatoms. The summed E-state index contributed by atoms with van der Waals surface area (Å²) in [6.45, 7) is 1.34. The van der Waals surface area contributed by atoms with Crippen LogP contribution < -0.4 is 5.32 Å². The fourth-order valence-corrected chi connectivity index (χ4v) is 6.56. The first kappa shape index (κ1) is 20.9. The van der Waals surface area contributed by atoms with Gasteiger partial charge in [-0.15, -0.1) is 0 Å². The SMILES string of the molecule is O=C(NCC1CCCCC1)C1CCN(S(=O)(=O)c2c(Cl)cccc2Cl)CC1. The van der Waals surface area contributed by atoms with Crippen molar-refractivity contribution in [3.05, 3.63) is 28.2 Å². The number of halogens is 2. The summed E-state index contributed by atoms with van der Waals surface area (Å²) in [5.41, 5.74) is 0. The molecule has 27 heavy (non-hydrogen) atoms. The number of hydrogen-bond acceptors (Lipinski definition) is 3. The van der Waals surface area contributed by atoms with Crippen molar-refractivity contribution < 1.29 is 13.2 Å². The Balaban J connectivity index is 1.55. The minimum Gasteiger partial charge on any atom is -0.356 e. The Morgan fingerprint density at radius 2 is 1.63 bits per heavy atom. The van der Waals surface area contributed by atoms with Crippen LogP contribution in [0.3, 0.4) is 0 Å². The zero-order chi connectivity index (χ0) is 19.4. The monoisotopic (exact) mass is 432 g/mol. The van der Waals surface area contributed by atoms with Crippen LogP contribution in [0.2, 0.25) is 10.0 Å². The van der Waals surface area contributed by atoms with E-state index in [1.807, 2.05) is 0 Å². The number of carbonyl (C=O) groups is 1. The van der Waals surface area contributed by atoms with Gasteiger partial charge in [-0.25, -0.2) is 8.42 Å². The standard InChI is InChI=1S/C19H26Cl2N2O3S/c20-16-7-4-8-17(21)18(16)27(25,26)23-11-9-15(10-12-23)19(24)22-13-14-5-2-1-3-6-14/h4,7-8,14-15H,1-3,5-6,9-13H2,(H,22,24). The third kappa shape index (κ3) is 4.97. The van der Waals surface area contributed by atoms with E-state index < -0.39 is 10.0 Å². The van der Waals surface area contributed by atoms with E-state index in [4.69, 9.17) is 23.2 Å². The van der Waals surface area contributed by atoms with Crippen molar-refractivity contribution in [2.45, 2.75) is 49.8 Å². The maximum Gasteiger partial charge on any atom is 0.246 e. The van der Waals surface area contributed by atoms with E-state index in [-0.39, 0.29) is 26.8 Å². The second kappa shape index (κ2) is 9.12. The minimum atomic E-state index is -3.76. The third-order valence-electron chi connectivity index (χ3n) is 5.63. The smallest absolute Gasteiger partial charge is 0.246 e. The predicted octanol–water partition coefficient (Wildman–Crippen LogP) is 4.09. The summed E-state index contributed by atoms with van der Waals surface area (Å²) in [5, 5.41) is 3.32. The first-order valence-corrected chi connectivity index (χ1v) is 11.8. The first-order valence-electron chi connectivity index (χ1n) is 9.61. The number of hydrogen-bond donors (Lipinski definition) is 1. The van der Waals surface area contributed by atoms with Crippen molar-refractivity contribution in [2.75, 3.05) is 19.6 Å². The van der Waals surface area contributed by atoms with E-state index in [0.717, 1.165) is 6.54 Å². The zero-order valence-electron chi connectivity index (χ0n) is 15.3. The number of sulfonamides is 1. The van der Waals surface area contributed by atoms with Crippen molar-refractivity contribution >= 4 is 39.1 Å². The maximum atomic E-state index is 12.9. The van der Waals surface area contributed by atoms with Gasteiger partial charge in [-0.05, 0) is 43.7 Å². The van der Waals surface area contributed by atoms with Crippen LogP contribution in [0.15, 0.2) is 23.1 Å². The summed E-state index contributed by atoms with van der Waals surface area (Å²) in [7, 11) is -3.76. The molecule has 2 fully saturated rings. The fraction of sp³-hybridized carbons (Fsp3) is 0.632. The number of nitrogens with one attached hydrogen (secondary N) is 1. The maximum absolute atomic E-state index is 12.9. The molecule has 1 amide bonds. The largest absolute Gasteiger partial charge is 0.356 e.